The molecule has 0 radical (unpaired) electrons. The zero-order valence-electron chi connectivity index (χ0n) is 10.3. The van der Waals surface area contributed by atoms with E-state index in [0.717, 1.165) is 37.4 Å². The molecule has 1 fully saturated rings. The Labute approximate surface area is 102 Å². The fourth-order valence-electron chi connectivity index (χ4n) is 1.94. The van der Waals surface area contributed by atoms with Gasteiger partial charge < -0.3 is 15.4 Å². The molecule has 0 bridgehead atoms. The number of nitrogens with zero attached hydrogens (tertiary/aromatic N) is 2. The van der Waals surface area contributed by atoms with Crippen molar-refractivity contribution in [2.75, 3.05) is 25.0 Å². The number of hydrogen-bond acceptors (Lipinski definition) is 5. The van der Waals surface area contributed by atoms with Crippen molar-refractivity contribution < 1.29 is 4.74 Å². The Morgan fingerprint density at radius 2 is 2.24 bits per heavy atom. The molecule has 5 heteroatoms. The van der Waals surface area contributed by atoms with Crippen molar-refractivity contribution in [1.29, 1.82) is 0 Å². The van der Waals surface area contributed by atoms with Gasteiger partial charge >= 0.3 is 0 Å². The predicted molar refractivity (Wildman–Crippen MR) is 66.9 cm³/mol. The van der Waals surface area contributed by atoms with Gasteiger partial charge in [0, 0.05) is 18.7 Å². The predicted octanol–water partition coefficient (Wildman–Crippen LogP) is 1.18. The Hall–Kier alpha value is -1.20. The molecular formula is C12H20N4O. The molecule has 2 N–H and O–H groups in total. The highest BCUT2D eigenvalue weighted by Gasteiger charge is 2.13. The van der Waals surface area contributed by atoms with Gasteiger partial charge in [0.25, 0.3) is 0 Å². The van der Waals surface area contributed by atoms with E-state index in [0.29, 0.717) is 19.3 Å². The minimum Gasteiger partial charge on any atom is -0.375 e. The number of aromatic nitrogens is 2. The maximum atomic E-state index is 5.34. The first-order valence-corrected chi connectivity index (χ1v) is 6.24. The molecule has 1 saturated heterocycles. The second kappa shape index (κ2) is 6.51. The van der Waals surface area contributed by atoms with Gasteiger partial charge in [-0.1, -0.05) is 0 Å². The van der Waals surface area contributed by atoms with Crippen molar-refractivity contribution in [3.63, 3.8) is 0 Å². The van der Waals surface area contributed by atoms with Gasteiger partial charge in [0.2, 0.25) is 0 Å². The Morgan fingerprint density at radius 1 is 1.41 bits per heavy atom. The molecule has 0 saturated carbocycles. The highest BCUT2D eigenvalue weighted by Crippen LogP contribution is 2.11. The van der Waals surface area contributed by atoms with Gasteiger partial charge in [-0.25, -0.2) is 9.97 Å². The number of hydrogen-bond donors (Lipinski definition) is 2. The monoisotopic (exact) mass is 236 g/mol. The maximum Gasteiger partial charge on any atom is 0.129 e. The molecular weight excluding hydrogens is 216 g/mol. The van der Waals surface area contributed by atoms with Crippen LogP contribution in [0.25, 0.3) is 0 Å². The van der Waals surface area contributed by atoms with E-state index >= 15 is 0 Å². The molecule has 94 valence electrons. The highest BCUT2D eigenvalue weighted by molar-refractivity contribution is 5.36. The molecule has 1 aliphatic rings. The average molecular weight is 236 g/mol. The van der Waals surface area contributed by atoms with Gasteiger partial charge in [-0.2, -0.15) is 0 Å². The van der Waals surface area contributed by atoms with Crippen LogP contribution in [0.2, 0.25) is 0 Å². The number of nitrogens with one attached hydrogen (secondary N) is 2. The molecule has 1 aromatic heterocycles. The van der Waals surface area contributed by atoms with Crippen LogP contribution in [-0.4, -0.2) is 35.7 Å². The van der Waals surface area contributed by atoms with Crippen LogP contribution in [0, 0.1) is 0 Å². The molecule has 0 aromatic carbocycles. The Balaban J connectivity index is 1.90. The zero-order valence-corrected chi connectivity index (χ0v) is 10.3. The van der Waals surface area contributed by atoms with E-state index in [1.54, 1.807) is 6.33 Å². The molecule has 0 amide bonds. The fourth-order valence-corrected chi connectivity index (χ4v) is 1.94. The molecule has 0 atom stereocenters. The lowest BCUT2D eigenvalue weighted by Gasteiger charge is -2.24. The summed E-state index contributed by atoms with van der Waals surface area (Å²) in [5.41, 5.74) is 0.929. The SMILES string of the molecule is CCOCc1cc(NC2CCNCC2)ncn1. The second-order valence-electron chi connectivity index (χ2n) is 4.20. The number of piperidine rings is 1. The largest absolute Gasteiger partial charge is 0.375 e. The first-order valence-electron chi connectivity index (χ1n) is 6.24. The standard InChI is InChI=1S/C12H20N4O/c1-2-17-8-11-7-12(15-9-14-11)16-10-3-5-13-6-4-10/h7,9-10,13H,2-6,8H2,1H3,(H,14,15,16). The van der Waals surface area contributed by atoms with Crippen molar-refractivity contribution in [3.05, 3.63) is 18.1 Å². The maximum absolute atomic E-state index is 5.34. The lowest BCUT2D eigenvalue weighted by molar-refractivity contribution is 0.131. The topological polar surface area (TPSA) is 59.1 Å². The van der Waals surface area contributed by atoms with E-state index in [1.807, 2.05) is 13.0 Å². The minimum atomic E-state index is 0.520. The molecule has 2 rings (SSSR count). The third-order valence-corrected chi connectivity index (χ3v) is 2.87. The molecule has 0 spiro atoms. The van der Waals surface area contributed by atoms with Crippen molar-refractivity contribution in [2.45, 2.75) is 32.4 Å². The van der Waals surface area contributed by atoms with Crippen LogP contribution in [0.3, 0.4) is 0 Å². The van der Waals surface area contributed by atoms with Crippen molar-refractivity contribution in [1.82, 2.24) is 15.3 Å². The lowest BCUT2D eigenvalue weighted by Crippen LogP contribution is -2.35. The van der Waals surface area contributed by atoms with E-state index in [4.69, 9.17) is 4.74 Å². The minimum absolute atomic E-state index is 0.520. The van der Waals surface area contributed by atoms with Crippen LogP contribution in [-0.2, 0) is 11.3 Å². The van der Waals surface area contributed by atoms with E-state index in [1.165, 1.54) is 0 Å². The Morgan fingerprint density at radius 3 is 3.00 bits per heavy atom. The summed E-state index contributed by atoms with van der Waals surface area (Å²) in [6.07, 6.45) is 3.88. The number of ether oxygens (including phenoxy) is 1. The van der Waals surface area contributed by atoms with E-state index in [9.17, 15) is 0 Å². The summed E-state index contributed by atoms with van der Waals surface area (Å²) >= 11 is 0. The lowest BCUT2D eigenvalue weighted by atomic mass is 10.1. The zero-order chi connectivity index (χ0) is 11.9. The summed E-state index contributed by atoms with van der Waals surface area (Å²) in [6.45, 7) is 5.40. The number of anilines is 1. The molecule has 17 heavy (non-hydrogen) atoms. The van der Waals surface area contributed by atoms with Crippen LogP contribution < -0.4 is 10.6 Å². The van der Waals surface area contributed by atoms with Crippen molar-refractivity contribution in [2.24, 2.45) is 0 Å². The summed E-state index contributed by atoms with van der Waals surface area (Å²) in [4.78, 5) is 8.42. The van der Waals surface area contributed by atoms with Crippen molar-refractivity contribution >= 4 is 5.82 Å². The Kier molecular flexibility index (Phi) is 4.70. The molecule has 5 nitrogen and oxygen atoms in total. The van der Waals surface area contributed by atoms with Crippen molar-refractivity contribution in [3.8, 4) is 0 Å². The van der Waals surface area contributed by atoms with Gasteiger partial charge in [-0.05, 0) is 32.9 Å². The summed E-state index contributed by atoms with van der Waals surface area (Å²) in [5.74, 6) is 0.904. The molecule has 2 heterocycles. The van der Waals surface area contributed by atoms with Gasteiger partial charge in [0.1, 0.15) is 12.1 Å². The molecule has 0 unspecified atom stereocenters. The summed E-state index contributed by atoms with van der Waals surface area (Å²) in [7, 11) is 0. The first-order chi connectivity index (χ1) is 8.38. The smallest absolute Gasteiger partial charge is 0.129 e. The summed E-state index contributed by atoms with van der Waals surface area (Å²) in [5, 5.41) is 6.80. The van der Waals surface area contributed by atoms with Crippen LogP contribution in [0.4, 0.5) is 5.82 Å². The molecule has 1 aliphatic heterocycles. The number of rotatable bonds is 5. The van der Waals surface area contributed by atoms with Gasteiger partial charge in [-0.3, -0.25) is 0 Å². The van der Waals surface area contributed by atoms with Gasteiger partial charge in [0.15, 0.2) is 0 Å². The summed E-state index contributed by atoms with van der Waals surface area (Å²) in [6, 6.07) is 2.49. The fraction of sp³-hybridized carbons (Fsp3) is 0.667. The van der Waals surface area contributed by atoms with E-state index < -0.39 is 0 Å². The third-order valence-electron chi connectivity index (χ3n) is 2.87. The molecule has 1 aromatic rings. The third kappa shape index (κ3) is 3.94. The normalized spacial score (nSPS) is 17.0. The van der Waals surface area contributed by atoms with Gasteiger partial charge in [0.05, 0.1) is 12.3 Å². The van der Waals surface area contributed by atoms with Crippen LogP contribution in [0.5, 0.6) is 0 Å². The first kappa shape index (κ1) is 12.3. The van der Waals surface area contributed by atoms with E-state index in [2.05, 4.69) is 20.6 Å². The molecule has 0 aliphatic carbocycles. The van der Waals surface area contributed by atoms with Crippen LogP contribution in [0.1, 0.15) is 25.5 Å². The van der Waals surface area contributed by atoms with Crippen LogP contribution >= 0.6 is 0 Å². The van der Waals surface area contributed by atoms with Crippen LogP contribution in [0.15, 0.2) is 12.4 Å². The second-order valence-corrected chi connectivity index (χ2v) is 4.20. The van der Waals surface area contributed by atoms with Gasteiger partial charge in [-0.15, -0.1) is 0 Å². The highest BCUT2D eigenvalue weighted by atomic mass is 16.5. The summed E-state index contributed by atoms with van der Waals surface area (Å²) < 4.78 is 5.34. The average Bonchev–Trinajstić information content (AvgIpc) is 2.38. The van der Waals surface area contributed by atoms with E-state index in [-0.39, 0.29) is 0 Å². The Bertz CT molecular complexity index is 339. The quantitative estimate of drug-likeness (QED) is 0.804.